The van der Waals surface area contributed by atoms with Crippen molar-refractivity contribution < 1.29 is 4.74 Å². The molecule has 26 heavy (non-hydrogen) atoms. The van der Waals surface area contributed by atoms with Crippen LogP contribution in [0.5, 0.6) is 5.75 Å². The zero-order chi connectivity index (χ0) is 19.0. The van der Waals surface area contributed by atoms with Gasteiger partial charge in [0, 0.05) is 5.56 Å². The molecule has 2 aromatic rings. The topological polar surface area (TPSA) is 95.7 Å². The van der Waals surface area contributed by atoms with E-state index in [1.807, 2.05) is 45.0 Å². The van der Waals surface area contributed by atoms with Gasteiger partial charge in [0.1, 0.15) is 23.7 Å². The third-order valence-electron chi connectivity index (χ3n) is 4.71. The minimum atomic E-state index is 0.158. The first-order valence-electron chi connectivity index (χ1n) is 8.11. The number of hydrogen-bond acceptors (Lipinski definition) is 5. The zero-order valence-corrected chi connectivity index (χ0v) is 15.1. The molecule has 1 aliphatic carbocycles. The Morgan fingerprint density at radius 1 is 1.15 bits per heavy atom. The molecule has 128 valence electrons. The summed E-state index contributed by atoms with van der Waals surface area (Å²) in [6.45, 7) is 5.72. The molecular formula is C21H18N4O. The van der Waals surface area contributed by atoms with Crippen LogP contribution in [0.25, 0.3) is 17.2 Å². The van der Waals surface area contributed by atoms with E-state index >= 15 is 0 Å². The van der Waals surface area contributed by atoms with Gasteiger partial charge in [-0.3, -0.25) is 0 Å². The first kappa shape index (κ1) is 17.3. The van der Waals surface area contributed by atoms with Crippen LogP contribution < -0.4 is 10.5 Å². The maximum absolute atomic E-state index is 9.59. The van der Waals surface area contributed by atoms with Gasteiger partial charge < -0.3 is 10.5 Å². The van der Waals surface area contributed by atoms with Gasteiger partial charge in [0.2, 0.25) is 0 Å². The molecule has 0 saturated heterocycles. The molecule has 0 fully saturated rings. The van der Waals surface area contributed by atoms with Crippen molar-refractivity contribution >= 4 is 23.0 Å². The Bertz CT molecular complexity index is 1080. The van der Waals surface area contributed by atoms with Crippen molar-refractivity contribution in [3.8, 4) is 17.9 Å². The van der Waals surface area contributed by atoms with Crippen LogP contribution in [-0.4, -0.2) is 12.1 Å². The number of ether oxygens (including phenoxy) is 1. The molecule has 0 atom stereocenters. The molecule has 0 bridgehead atoms. The maximum Gasteiger partial charge on any atom is 0.142 e. The van der Waals surface area contributed by atoms with Crippen molar-refractivity contribution in [2.45, 2.75) is 20.8 Å². The van der Waals surface area contributed by atoms with Crippen molar-refractivity contribution in [2.24, 2.45) is 0 Å². The molecule has 0 aliphatic heterocycles. The van der Waals surface area contributed by atoms with Crippen LogP contribution in [-0.2, 0) is 0 Å². The van der Waals surface area contributed by atoms with Crippen molar-refractivity contribution in [2.75, 3.05) is 12.8 Å². The lowest BCUT2D eigenvalue weighted by Crippen LogP contribution is -2.03. The largest absolute Gasteiger partial charge is 0.496 e. The molecule has 5 heteroatoms. The van der Waals surface area contributed by atoms with E-state index in [0.29, 0.717) is 16.8 Å². The number of nitrogens with two attached hydrogens (primary N) is 1. The Morgan fingerprint density at radius 2 is 1.88 bits per heavy atom. The summed E-state index contributed by atoms with van der Waals surface area (Å²) in [5, 5.41) is 19.0. The number of nitrogen functional groups attached to an aromatic ring is 1. The highest BCUT2D eigenvalue weighted by molar-refractivity contribution is 6.08. The molecule has 0 spiro atoms. The second kappa shape index (κ2) is 6.38. The quantitative estimate of drug-likeness (QED) is 0.889. The monoisotopic (exact) mass is 342 g/mol. The van der Waals surface area contributed by atoms with Gasteiger partial charge in [-0.15, -0.1) is 0 Å². The summed E-state index contributed by atoms with van der Waals surface area (Å²) >= 11 is 0. The molecular weight excluding hydrogens is 324 g/mol. The van der Waals surface area contributed by atoms with E-state index < -0.39 is 0 Å². The van der Waals surface area contributed by atoms with Gasteiger partial charge in [-0.2, -0.15) is 10.5 Å². The average molecular weight is 342 g/mol. The Balaban J connectivity index is 2.28. The molecule has 1 aromatic heterocycles. The molecule has 1 aliphatic rings. The van der Waals surface area contributed by atoms with E-state index in [0.717, 1.165) is 39.1 Å². The minimum absolute atomic E-state index is 0.158. The fourth-order valence-electron chi connectivity index (χ4n) is 3.35. The van der Waals surface area contributed by atoms with Crippen LogP contribution in [0.1, 0.15) is 40.4 Å². The summed E-state index contributed by atoms with van der Waals surface area (Å²) in [4.78, 5) is 4.34. The Kier molecular flexibility index (Phi) is 4.24. The molecule has 0 amide bonds. The van der Waals surface area contributed by atoms with E-state index in [9.17, 15) is 10.5 Å². The second-order valence-electron chi connectivity index (χ2n) is 6.23. The number of hydrogen-bond donors (Lipinski definition) is 1. The van der Waals surface area contributed by atoms with Crippen LogP contribution in [0.4, 0.5) is 5.82 Å². The molecule has 5 nitrogen and oxygen atoms in total. The predicted octanol–water partition coefficient (Wildman–Crippen LogP) is 4.01. The van der Waals surface area contributed by atoms with Crippen molar-refractivity contribution in [3.05, 3.63) is 57.3 Å². The predicted molar refractivity (Wildman–Crippen MR) is 102 cm³/mol. The highest BCUT2D eigenvalue weighted by atomic mass is 16.5. The van der Waals surface area contributed by atoms with Gasteiger partial charge in [-0.25, -0.2) is 4.98 Å². The SMILES string of the molecule is COc1ccc(C=C2C(C)=C(C#N)c3nc(N)c(C#N)c(C)c32)cc1C. The van der Waals surface area contributed by atoms with E-state index in [4.69, 9.17) is 10.5 Å². The maximum atomic E-state index is 9.59. The third kappa shape index (κ3) is 2.51. The smallest absolute Gasteiger partial charge is 0.142 e. The van der Waals surface area contributed by atoms with Crippen LogP contribution >= 0.6 is 0 Å². The standard InChI is InChI=1S/C21H18N4O/c1-11-7-14(5-6-18(11)26-4)8-15-12(2)16(9-22)20-19(15)13(3)17(10-23)21(24)25-20/h5-8H,1-4H3,(H2,24,25). The lowest BCUT2D eigenvalue weighted by atomic mass is 9.95. The van der Waals surface area contributed by atoms with E-state index in [1.54, 1.807) is 7.11 Å². The van der Waals surface area contributed by atoms with Crippen molar-refractivity contribution in [1.82, 2.24) is 4.98 Å². The number of methoxy groups -OCH3 is 1. The molecule has 3 rings (SSSR count). The van der Waals surface area contributed by atoms with Gasteiger partial charge in [-0.1, -0.05) is 6.07 Å². The summed E-state index contributed by atoms with van der Waals surface area (Å²) in [7, 11) is 1.64. The van der Waals surface area contributed by atoms with Crippen LogP contribution in [0, 0.1) is 36.5 Å². The fourth-order valence-corrected chi connectivity index (χ4v) is 3.35. The van der Waals surface area contributed by atoms with Crippen LogP contribution in [0.15, 0.2) is 23.8 Å². The second-order valence-corrected chi connectivity index (χ2v) is 6.23. The number of nitrogens with zero attached hydrogens (tertiary/aromatic N) is 3. The lowest BCUT2D eigenvalue weighted by molar-refractivity contribution is 0.411. The average Bonchev–Trinajstić information content (AvgIpc) is 2.86. The third-order valence-corrected chi connectivity index (χ3v) is 4.71. The first-order valence-corrected chi connectivity index (χ1v) is 8.11. The van der Waals surface area contributed by atoms with Gasteiger partial charge in [0.15, 0.2) is 0 Å². The number of rotatable bonds is 2. The summed E-state index contributed by atoms with van der Waals surface area (Å²) in [6, 6.07) is 10.2. The number of pyridine rings is 1. The van der Waals surface area contributed by atoms with Crippen molar-refractivity contribution in [1.29, 1.82) is 10.5 Å². The highest BCUT2D eigenvalue weighted by Crippen LogP contribution is 2.44. The molecule has 1 heterocycles. The van der Waals surface area contributed by atoms with E-state index in [1.165, 1.54) is 0 Å². The van der Waals surface area contributed by atoms with Gasteiger partial charge in [-0.05, 0) is 66.8 Å². The van der Waals surface area contributed by atoms with E-state index in [-0.39, 0.29) is 5.82 Å². The number of allylic oxidation sites excluding steroid dienone is 3. The fraction of sp³-hybridized carbons (Fsp3) is 0.190. The van der Waals surface area contributed by atoms with Gasteiger partial charge in [0.05, 0.1) is 23.9 Å². The summed E-state index contributed by atoms with van der Waals surface area (Å²) < 4.78 is 5.31. The highest BCUT2D eigenvalue weighted by Gasteiger charge is 2.29. The number of aryl methyl sites for hydroxylation is 1. The Hall–Kier alpha value is -3.57. The first-order chi connectivity index (χ1) is 12.4. The number of benzene rings is 1. The zero-order valence-electron chi connectivity index (χ0n) is 15.1. The number of nitriles is 2. The van der Waals surface area contributed by atoms with Crippen LogP contribution in [0.3, 0.4) is 0 Å². The molecule has 1 aromatic carbocycles. The van der Waals surface area contributed by atoms with Crippen LogP contribution in [0.2, 0.25) is 0 Å². The Labute approximate surface area is 152 Å². The summed E-state index contributed by atoms with van der Waals surface area (Å²) in [5.74, 6) is 0.979. The normalized spacial score (nSPS) is 14.2. The molecule has 0 unspecified atom stereocenters. The number of anilines is 1. The summed E-state index contributed by atoms with van der Waals surface area (Å²) in [5.41, 5.74) is 12.6. The molecule has 0 radical (unpaired) electrons. The van der Waals surface area contributed by atoms with E-state index in [2.05, 4.69) is 17.1 Å². The Morgan fingerprint density at radius 3 is 2.46 bits per heavy atom. The van der Waals surface area contributed by atoms with Gasteiger partial charge >= 0.3 is 0 Å². The lowest BCUT2D eigenvalue weighted by Gasteiger charge is -2.11. The molecule has 0 saturated carbocycles. The van der Waals surface area contributed by atoms with Gasteiger partial charge in [0.25, 0.3) is 0 Å². The molecule has 2 N–H and O–H groups in total. The van der Waals surface area contributed by atoms with Crippen molar-refractivity contribution in [3.63, 3.8) is 0 Å². The summed E-state index contributed by atoms with van der Waals surface area (Å²) in [6.07, 6.45) is 2.01. The number of aromatic nitrogens is 1. The number of fused-ring (bicyclic) bond motifs is 1. The minimum Gasteiger partial charge on any atom is -0.496 e.